The molecule has 6 unspecified atom stereocenters. The van der Waals surface area contributed by atoms with Crippen molar-refractivity contribution in [1.82, 2.24) is 0 Å². The standard InChI is InChI=1S/C36H45F9O10/c1-28(2,25(47)53-22-17-20(32(8,50)34(37,38)39)16-21(18-22)33(51,35(40,41)42)36(43,44)45)31(7,27(49)54-23-14-15-52-24(23)46)29(3,4)26(48)55-30(5,6)19-12-10-9-11-13-19/h9-13,20-23,50-51H,14-18H2,1-8H3. The molecule has 0 amide bonds. The molecule has 0 bridgehead atoms. The molecule has 55 heavy (non-hydrogen) atoms. The fraction of sp³-hybridized carbons (Fsp3) is 0.722. The van der Waals surface area contributed by atoms with Gasteiger partial charge in [-0.05, 0) is 80.2 Å². The minimum absolute atomic E-state index is 0.120. The minimum Gasteiger partial charge on any atom is -0.463 e. The lowest BCUT2D eigenvalue weighted by Gasteiger charge is -2.50. The van der Waals surface area contributed by atoms with E-state index in [4.69, 9.17) is 18.9 Å². The summed E-state index contributed by atoms with van der Waals surface area (Å²) in [7, 11) is 0. The quantitative estimate of drug-likeness (QED) is 0.138. The van der Waals surface area contributed by atoms with Gasteiger partial charge in [0.05, 0.1) is 22.9 Å². The van der Waals surface area contributed by atoms with E-state index in [0.717, 1.165) is 20.8 Å². The first kappa shape index (κ1) is 45.8. The number of carbonyl (C=O) groups excluding carboxylic acids is 4. The first-order chi connectivity index (χ1) is 24.6. The molecule has 0 spiro atoms. The third kappa shape index (κ3) is 8.14. The average Bonchev–Trinajstić information content (AvgIpc) is 3.45. The number of esters is 4. The Labute approximate surface area is 311 Å². The zero-order valence-corrected chi connectivity index (χ0v) is 31.3. The molecule has 0 aromatic heterocycles. The second kappa shape index (κ2) is 14.7. The van der Waals surface area contributed by atoms with Crippen molar-refractivity contribution in [3.05, 3.63) is 35.9 Å². The Kier molecular flexibility index (Phi) is 12.2. The Morgan fingerprint density at radius 1 is 0.673 bits per heavy atom. The van der Waals surface area contributed by atoms with Crippen molar-refractivity contribution in [2.24, 2.45) is 28.1 Å². The van der Waals surface area contributed by atoms with E-state index in [1.54, 1.807) is 30.3 Å². The molecule has 1 aromatic carbocycles. The van der Waals surface area contributed by atoms with Crippen LogP contribution in [0.2, 0.25) is 0 Å². The van der Waals surface area contributed by atoms with Gasteiger partial charge in [0.25, 0.3) is 5.60 Å². The van der Waals surface area contributed by atoms with Gasteiger partial charge in [-0.25, -0.2) is 4.79 Å². The lowest BCUT2D eigenvalue weighted by molar-refractivity contribution is -0.391. The van der Waals surface area contributed by atoms with Crippen molar-refractivity contribution in [2.45, 2.75) is 129 Å². The number of benzene rings is 1. The highest BCUT2D eigenvalue weighted by Gasteiger charge is 2.75. The Morgan fingerprint density at radius 2 is 1.16 bits per heavy atom. The molecule has 1 saturated heterocycles. The van der Waals surface area contributed by atoms with E-state index in [1.807, 2.05) is 0 Å². The number of cyclic esters (lactones) is 1. The topological polar surface area (TPSA) is 146 Å². The molecule has 1 aliphatic heterocycles. The Hall–Kier alpha value is -3.61. The van der Waals surface area contributed by atoms with Crippen LogP contribution in [-0.4, -0.2) is 82.6 Å². The largest absolute Gasteiger partial charge is 0.463 e. The average molecular weight is 809 g/mol. The van der Waals surface area contributed by atoms with E-state index in [1.165, 1.54) is 27.7 Å². The van der Waals surface area contributed by atoms with Crippen LogP contribution < -0.4 is 0 Å². The lowest BCUT2D eigenvalue weighted by Crippen LogP contribution is -2.65. The van der Waals surface area contributed by atoms with Crippen molar-refractivity contribution in [3.8, 4) is 0 Å². The second-order valence-electron chi connectivity index (χ2n) is 16.0. The summed E-state index contributed by atoms with van der Waals surface area (Å²) in [6.07, 6.45) is -26.8. The fourth-order valence-electron chi connectivity index (χ4n) is 7.11. The van der Waals surface area contributed by atoms with Crippen LogP contribution in [0.5, 0.6) is 0 Å². The Morgan fingerprint density at radius 3 is 1.62 bits per heavy atom. The molecule has 0 radical (unpaired) electrons. The third-order valence-corrected chi connectivity index (χ3v) is 11.6. The molecule has 6 atom stereocenters. The van der Waals surface area contributed by atoms with Gasteiger partial charge in [-0.15, -0.1) is 0 Å². The monoisotopic (exact) mass is 808 g/mol. The summed E-state index contributed by atoms with van der Waals surface area (Å²) >= 11 is 0. The third-order valence-electron chi connectivity index (χ3n) is 11.6. The minimum atomic E-state index is -6.49. The number of aliphatic hydroxyl groups is 2. The summed E-state index contributed by atoms with van der Waals surface area (Å²) in [5.74, 6) is -10.7. The zero-order valence-electron chi connectivity index (χ0n) is 31.3. The van der Waals surface area contributed by atoms with Gasteiger partial charge in [-0.2, -0.15) is 39.5 Å². The van der Waals surface area contributed by atoms with E-state index >= 15 is 0 Å². The van der Waals surface area contributed by atoms with Crippen LogP contribution in [0.3, 0.4) is 0 Å². The molecule has 10 nitrogen and oxygen atoms in total. The highest BCUT2D eigenvalue weighted by atomic mass is 19.4. The molecular formula is C36H45F9O10. The molecule has 2 N–H and O–H groups in total. The van der Waals surface area contributed by atoms with Crippen LogP contribution in [-0.2, 0) is 43.7 Å². The van der Waals surface area contributed by atoms with E-state index in [9.17, 15) is 68.9 Å². The fourth-order valence-corrected chi connectivity index (χ4v) is 7.11. The molecule has 1 aromatic rings. The van der Waals surface area contributed by atoms with Crippen molar-refractivity contribution >= 4 is 23.9 Å². The lowest BCUT2D eigenvalue weighted by atomic mass is 9.53. The summed E-state index contributed by atoms with van der Waals surface area (Å²) in [6.45, 7) is 8.36. The summed E-state index contributed by atoms with van der Waals surface area (Å²) in [5, 5.41) is 20.6. The highest BCUT2D eigenvalue weighted by Crippen LogP contribution is 2.57. The van der Waals surface area contributed by atoms with Crippen LogP contribution in [0.15, 0.2) is 30.3 Å². The van der Waals surface area contributed by atoms with Gasteiger partial charge in [0.2, 0.25) is 6.10 Å². The van der Waals surface area contributed by atoms with Gasteiger partial charge in [-0.3, -0.25) is 14.4 Å². The predicted octanol–water partition coefficient (Wildman–Crippen LogP) is 6.88. The molecule has 312 valence electrons. The summed E-state index contributed by atoms with van der Waals surface area (Å²) in [5.41, 5.74) is -17.5. The van der Waals surface area contributed by atoms with Gasteiger partial charge < -0.3 is 29.2 Å². The van der Waals surface area contributed by atoms with Crippen LogP contribution in [0, 0.1) is 28.1 Å². The maximum atomic E-state index is 14.2. The summed E-state index contributed by atoms with van der Waals surface area (Å²) in [4.78, 5) is 54.8. The molecule has 2 aliphatic rings. The summed E-state index contributed by atoms with van der Waals surface area (Å²) in [6, 6.07) is 8.24. The Bertz CT molecular complexity index is 1590. The van der Waals surface area contributed by atoms with E-state index in [2.05, 4.69) is 0 Å². The van der Waals surface area contributed by atoms with Gasteiger partial charge in [0.15, 0.2) is 5.60 Å². The zero-order chi connectivity index (χ0) is 42.6. The number of hydrogen-bond donors (Lipinski definition) is 2. The predicted molar refractivity (Wildman–Crippen MR) is 171 cm³/mol. The van der Waals surface area contributed by atoms with E-state index in [-0.39, 0.29) is 20.0 Å². The van der Waals surface area contributed by atoms with Crippen molar-refractivity contribution < 1.29 is 87.9 Å². The molecule has 19 heteroatoms. The maximum absolute atomic E-state index is 14.2. The first-order valence-corrected chi connectivity index (χ1v) is 17.1. The van der Waals surface area contributed by atoms with Crippen LogP contribution in [0.4, 0.5) is 39.5 Å². The number of carbonyl (C=O) groups is 4. The smallest absolute Gasteiger partial charge is 0.426 e. The number of halogens is 9. The first-order valence-electron chi connectivity index (χ1n) is 17.1. The molecular weight excluding hydrogens is 763 g/mol. The van der Waals surface area contributed by atoms with E-state index in [0.29, 0.717) is 5.56 Å². The van der Waals surface area contributed by atoms with Crippen molar-refractivity contribution in [1.29, 1.82) is 0 Å². The molecule has 2 fully saturated rings. The number of hydrogen-bond acceptors (Lipinski definition) is 10. The van der Waals surface area contributed by atoms with Crippen LogP contribution in [0.1, 0.15) is 86.6 Å². The van der Waals surface area contributed by atoms with Gasteiger partial charge in [0, 0.05) is 18.3 Å². The van der Waals surface area contributed by atoms with E-state index < -0.39 is 119 Å². The van der Waals surface area contributed by atoms with Crippen molar-refractivity contribution in [2.75, 3.05) is 6.61 Å². The van der Waals surface area contributed by atoms with Crippen LogP contribution in [0.25, 0.3) is 0 Å². The summed E-state index contributed by atoms with van der Waals surface area (Å²) < 4.78 is 147. The van der Waals surface area contributed by atoms with Crippen molar-refractivity contribution in [3.63, 3.8) is 0 Å². The maximum Gasteiger partial charge on any atom is 0.426 e. The molecule has 1 saturated carbocycles. The normalized spacial score (nSPS) is 24.2. The SMILES string of the molecule is CC(C)(OC(=O)C(C)(C)C(C)(C(=O)OC1CCOC1=O)C(C)(C)C(=O)OC1CC(C(C)(O)C(F)(F)F)CC(C(O)(C(F)(F)F)C(F)(F)F)C1)c1ccccc1. The second-order valence-corrected chi connectivity index (χ2v) is 16.0. The number of ether oxygens (including phenoxy) is 4. The highest BCUT2D eigenvalue weighted by molar-refractivity contribution is 5.95. The number of alkyl halides is 9. The van der Waals surface area contributed by atoms with Gasteiger partial charge in [0.1, 0.15) is 11.7 Å². The molecule has 1 aliphatic carbocycles. The van der Waals surface area contributed by atoms with Crippen LogP contribution >= 0.6 is 0 Å². The molecule has 1 heterocycles. The Balaban J connectivity index is 2.13. The van der Waals surface area contributed by atoms with Gasteiger partial charge >= 0.3 is 42.4 Å². The molecule has 3 rings (SSSR count). The van der Waals surface area contributed by atoms with Gasteiger partial charge in [-0.1, -0.05) is 30.3 Å². The number of rotatable bonds is 11.